The van der Waals surface area contributed by atoms with E-state index in [0.717, 1.165) is 11.8 Å². The van der Waals surface area contributed by atoms with Crippen LogP contribution in [0.4, 0.5) is 5.69 Å². The van der Waals surface area contributed by atoms with Crippen LogP contribution in [0.15, 0.2) is 54.6 Å². The van der Waals surface area contributed by atoms with Crippen LogP contribution in [0, 0.1) is 0 Å². The van der Waals surface area contributed by atoms with E-state index in [4.69, 9.17) is 4.74 Å². The lowest BCUT2D eigenvalue weighted by Gasteiger charge is -2.29. The van der Waals surface area contributed by atoms with Crippen molar-refractivity contribution in [3.05, 3.63) is 60.2 Å². The second-order valence-electron chi connectivity index (χ2n) is 8.03. The number of amides is 2. The van der Waals surface area contributed by atoms with Crippen molar-refractivity contribution in [3.8, 4) is 5.75 Å². The summed E-state index contributed by atoms with van der Waals surface area (Å²) in [5, 5.41) is 2.77. The second-order valence-corrected chi connectivity index (χ2v) is 9.94. The summed E-state index contributed by atoms with van der Waals surface area (Å²) in [4.78, 5) is 27.2. The van der Waals surface area contributed by atoms with Gasteiger partial charge in [0, 0.05) is 26.1 Å². The van der Waals surface area contributed by atoms with Crippen LogP contribution in [0.5, 0.6) is 5.75 Å². The van der Waals surface area contributed by atoms with Crippen molar-refractivity contribution in [2.24, 2.45) is 0 Å². The Hall–Kier alpha value is -3.07. The Balaban J connectivity index is 2.08. The molecule has 0 aromatic heterocycles. The molecule has 0 fully saturated rings. The van der Waals surface area contributed by atoms with E-state index in [1.54, 1.807) is 43.2 Å². The van der Waals surface area contributed by atoms with Crippen molar-refractivity contribution >= 4 is 27.5 Å². The van der Waals surface area contributed by atoms with Gasteiger partial charge in [-0.1, -0.05) is 30.3 Å². The number of hydrogen-bond donors (Lipinski definition) is 1. The zero-order valence-corrected chi connectivity index (χ0v) is 21.2. The summed E-state index contributed by atoms with van der Waals surface area (Å²) in [6.07, 6.45) is 2.21. The number of sulfonamides is 1. The van der Waals surface area contributed by atoms with Gasteiger partial charge in [-0.05, 0) is 56.5 Å². The lowest BCUT2D eigenvalue weighted by molar-refractivity contribution is -0.139. The van der Waals surface area contributed by atoms with Crippen molar-refractivity contribution in [3.63, 3.8) is 0 Å². The smallest absolute Gasteiger partial charge is 0.242 e. The summed E-state index contributed by atoms with van der Waals surface area (Å²) < 4.78 is 31.2. The van der Waals surface area contributed by atoms with Gasteiger partial charge in [0.2, 0.25) is 21.8 Å². The topological polar surface area (TPSA) is 96.0 Å². The van der Waals surface area contributed by atoms with Crippen molar-refractivity contribution in [1.82, 2.24) is 10.2 Å². The van der Waals surface area contributed by atoms with Crippen LogP contribution >= 0.6 is 0 Å². The minimum Gasteiger partial charge on any atom is -0.497 e. The molecule has 186 valence electrons. The first-order valence-electron chi connectivity index (χ1n) is 11.4. The van der Waals surface area contributed by atoms with E-state index in [0.29, 0.717) is 37.4 Å². The van der Waals surface area contributed by atoms with Gasteiger partial charge in [-0.3, -0.25) is 13.9 Å². The molecule has 8 nitrogen and oxygen atoms in total. The van der Waals surface area contributed by atoms with E-state index < -0.39 is 16.1 Å². The van der Waals surface area contributed by atoms with E-state index in [2.05, 4.69) is 5.32 Å². The van der Waals surface area contributed by atoms with Crippen LogP contribution in [0.25, 0.3) is 0 Å². The average molecular weight is 490 g/mol. The molecular weight excluding hydrogens is 454 g/mol. The maximum Gasteiger partial charge on any atom is 0.242 e. The maximum absolute atomic E-state index is 13.1. The molecule has 2 aromatic rings. The van der Waals surface area contributed by atoms with Crippen molar-refractivity contribution in [1.29, 1.82) is 0 Å². The van der Waals surface area contributed by atoms with Crippen molar-refractivity contribution in [2.45, 2.75) is 39.2 Å². The Kier molecular flexibility index (Phi) is 10.4. The minimum absolute atomic E-state index is 0.126. The van der Waals surface area contributed by atoms with Gasteiger partial charge in [-0.2, -0.15) is 0 Å². The number of anilines is 1. The van der Waals surface area contributed by atoms with Gasteiger partial charge in [0.15, 0.2) is 0 Å². The zero-order valence-electron chi connectivity index (χ0n) is 20.4. The predicted molar refractivity (Wildman–Crippen MR) is 134 cm³/mol. The molecule has 2 rings (SSSR count). The third kappa shape index (κ3) is 8.06. The summed E-state index contributed by atoms with van der Waals surface area (Å²) >= 11 is 0. The Morgan fingerprint density at radius 2 is 1.68 bits per heavy atom. The van der Waals surface area contributed by atoms with Crippen LogP contribution in [-0.2, 0) is 26.0 Å². The molecule has 2 aromatic carbocycles. The van der Waals surface area contributed by atoms with Gasteiger partial charge >= 0.3 is 0 Å². The van der Waals surface area contributed by atoms with Crippen LogP contribution in [0.3, 0.4) is 0 Å². The quantitative estimate of drug-likeness (QED) is 0.467. The van der Waals surface area contributed by atoms with E-state index in [1.807, 2.05) is 37.3 Å². The number of hydrogen-bond acceptors (Lipinski definition) is 5. The van der Waals surface area contributed by atoms with Crippen LogP contribution in [0.2, 0.25) is 0 Å². The summed E-state index contributed by atoms with van der Waals surface area (Å²) in [6, 6.07) is 15.9. The molecule has 1 N–H and O–H groups in total. The highest BCUT2D eigenvalue weighted by molar-refractivity contribution is 7.92. The number of benzene rings is 2. The summed E-state index contributed by atoms with van der Waals surface area (Å²) in [5.41, 5.74) is 1.58. The van der Waals surface area contributed by atoms with Crippen molar-refractivity contribution < 1.29 is 22.7 Å². The van der Waals surface area contributed by atoms with Crippen LogP contribution < -0.4 is 14.4 Å². The number of rotatable bonds is 13. The zero-order chi connectivity index (χ0) is 25.1. The summed E-state index contributed by atoms with van der Waals surface area (Å²) in [6.45, 7) is 4.58. The number of carbonyl (C=O) groups excluding carboxylic acids is 2. The number of nitrogens with one attached hydrogen (secondary N) is 1. The maximum atomic E-state index is 13.1. The fraction of sp³-hybridized carbons (Fsp3) is 0.440. The van der Waals surface area contributed by atoms with Gasteiger partial charge in [0.05, 0.1) is 19.1 Å². The molecule has 0 saturated heterocycles. The highest BCUT2D eigenvalue weighted by Gasteiger charge is 2.26. The fourth-order valence-corrected chi connectivity index (χ4v) is 4.61. The normalized spacial score (nSPS) is 12.0. The first kappa shape index (κ1) is 27.2. The van der Waals surface area contributed by atoms with E-state index >= 15 is 0 Å². The number of nitrogens with zero attached hydrogens (tertiary/aromatic N) is 2. The molecule has 34 heavy (non-hydrogen) atoms. The second kappa shape index (κ2) is 13.0. The molecule has 0 radical (unpaired) electrons. The highest BCUT2D eigenvalue weighted by atomic mass is 32.2. The summed E-state index contributed by atoms with van der Waals surface area (Å²) in [5.74, 6) is 0.235. The van der Waals surface area contributed by atoms with E-state index in [-0.39, 0.29) is 24.8 Å². The van der Waals surface area contributed by atoms with Gasteiger partial charge in [-0.15, -0.1) is 0 Å². The molecule has 0 unspecified atom stereocenters. The molecule has 0 saturated carbocycles. The lowest BCUT2D eigenvalue weighted by atomic mass is 10.1. The van der Waals surface area contributed by atoms with E-state index in [1.165, 1.54) is 4.31 Å². The molecule has 0 aliphatic rings. The Bertz CT molecular complexity index is 1030. The third-order valence-electron chi connectivity index (χ3n) is 5.52. The first-order valence-corrected chi connectivity index (χ1v) is 13.2. The molecule has 2 amide bonds. The van der Waals surface area contributed by atoms with Gasteiger partial charge in [-0.25, -0.2) is 8.42 Å². The molecule has 9 heteroatoms. The average Bonchev–Trinajstić information content (AvgIpc) is 2.82. The third-order valence-corrected chi connectivity index (χ3v) is 6.71. The Morgan fingerprint density at radius 1 is 1.03 bits per heavy atom. The molecule has 0 bridgehead atoms. The molecule has 1 atom stereocenters. The number of methoxy groups -OCH3 is 1. The molecule has 0 aliphatic heterocycles. The molecule has 0 spiro atoms. The number of carbonyl (C=O) groups is 2. The van der Waals surface area contributed by atoms with Gasteiger partial charge in [0.25, 0.3) is 0 Å². The highest BCUT2D eigenvalue weighted by Crippen LogP contribution is 2.22. The molecule has 0 heterocycles. The Labute approximate surface area is 202 Å². The molecular formula is C25H35N3O5S. The Morgan fingerprint density at radius 3 is 2.24 bits per heavy atom. The largest absolute Gasteiger partial charge is 0.497 e. The fourth-order valence-electron chi connectivity index (χ4n) is 3.64. The van der Waals surface area contributed by atoms with Crippen molar-refractivity contribution in [2.75, 3.05) is 37.3 Å². The monoisotopic (exact) mass is 489 g/mol. The van der Waals surface area contributed by atoms with E-state index in [9.17, 15) is 18.0 Å². The number of ether oxygens (including phenoxy) is 1. The van der Waals surface area contributed by atoms with Gasteiger partial charge in [0.1, 0.15) is 11.8 Å². The molecule has 0 aliphatic carbocycles. The standard InChI is InChI=1S/C25H35N3O5S/c1-5-26-25(30)20(2)27(19-17-21-10-7-6-8-11-21)24(29)12-9-18-28(34(4,31)32)22-13-15-23(33-3)16-14-22/h6-8,10-11,13-16,20H,5,9,12,17-19H2,1-4H3,(H,26,30)/t20-/m1/s1. The first-order chi connectivity index (χ1) is 16.2. The minimum atomic E-state index is -3.54. The SMILES string of the molecule is CCNC(=O)[C@@H](C)N(CCc1ccccc1)C(=O)CCCN(c1ccc(OC)cc1)S(C)(=O)=O. The lowest BCUT2D eigenvalue weighted by Crippen LogP contribution is -2.48. The predicted octanol–water partition coefficient (Wildman–Crippen LogP) is 2.84. The van der Waals surface area contributed by atoms with Crippen LogP contribution in [0.1, 0.15) is 32.3 Å². The van der Waals surface area contributed by atoms with Crippen LogP contribution in [-0.4, -0.2) is 64.2 Å². The number of likely N-dealkylation sites (N-methyl/N-ethyl adjacent to an activating group) is 1. The van der Waals surface area contributed by atoms with Gasteiger partial charge < -0.3 is 15.0 Å². The summed E-state index contributed by atoms with van der Waals surface area (Å²) in [7, 11) is -1.99.